The molecule has 37 heavy (non-hydrogen) atoms. The molecule has 0 bridgehead atoms. The molecular formula is C24H17Br2N5O6. The lowest BCUT2D eigenvalue weighted by Gasteiger charge is -2.10. The predicted octanol–water partition coefficient (Wildman–Crippen LogP) is 5.76. The molecular weight excluding hydrogens is 614 g/mol. The van der Waals surface area contributed by atoms with E-state index in [1.165, 1.54) is 35.2 Å². The fourth-order valence-electron chi connectivity index (χ4n) is 3.53. The van der Waals surface area contributed by atoms with Crippen molar-refractivity contribution in [1.29, 1.82) is 0 Å². The molecule has 3 aromatic carbocycles. The quantitative estimate of drug-likeness (QED) is 0.137. The molecule has 0 unspecified atom stereocenters. The van der Waals surface area contributed by atoms with Crippen LogP contribution in [-0.2, 0) is 13.0 Å². The smallest absolute Gasteiger partial charge is 0.312 e. The third kappa shape index (κ3) is 5.73. The molecule has 1 heterocycles. The van der Waals surface area contributed by atoms with Crippen molar-refractivity contribution < 1.29 is 14.6 Å². The van der Waals surface area contributed by atoms with Crippen molar-refractivity contribution in [2.75, 3.05) is 0 Å². The van der Waals surface area contributed by atoms with Gasteiger partial charge in [0.05, 0.1) is 31.4 Å². The molecule has 0 aliphatic carbocycles. The maximum absolute atomic E-state index is 13.1. The van der Waals surface area contributed by atoms with E-state index in [-0.39, 0.29) is 33.8 Å². The van der Waals surface area contributed by atoms with Gasteiger partial charge in [-0.1, -0.05) is 35.0 Å². The molecule has 0 aliphatic rings. The van der Waals surface area contributed by atoms with E-state index >= 15 is 0 Å². The number of nitrogens with zero attached hydrogens (tertiary/aromatic N) is 5. The minimum atomic E-state index is -0.608. The predicted molar refractivity (Wildman–Crippen MR) is 144 cm³/mol. The van der Waals surface area contributed by atoms with Crippen LogP contribution in [0.25, 0.3) is 10.9 Å². The molecule has 0 N–H and O–H groups in total. The molecule has 0 radical (unpaired) electrons. The van der Waals surface area contributed by atoms with E-state index in [0.717, 1.165) is 4.47 Å². The van der Waals surface area contributed by atoms with E-state index in [9.17, 15) is 25.0 Å². The molecule has 0 atom stereocenters. The summed E-state index contributed by atoms with van der Waals surface area (Å²) in [7, 11) is 0. The van der Waals surface area contributed by atoms with E-state index < -0.39 is 9.85 Å². The van der Waals surface area contributed by atoms with E-state index in [1.54, 1.807) is 30.3 Å². The Bertz CT molecular complexity index is 1640. The number of nitro groups is 2. The first kappa shape index (κ1) is 26.1. The largest absolute Gasteiger partial charge is 0.481 e. The number of aromatic nitrogens is 2. The van der Waals surface area contributed by atoms with Gasteiger partial charge in [0.1, 0.15) is 12.4 Å². The summed E-state index contributed by atoms with van der Waals surface area (Å²) >= 11 is 6.65. The summed E-state index contributed by atoms with van der Waals surface area (Å²) in [5.74, 6) is 0.388. The summed E-state index contributed by atoms with van der Waals surface area (Å²) in [5, 5.41) is 27.4. The topological polar surface area (TPSA) is 143 Å². The van der Waals surface area contributed by atoms with E-state index in [0.29, 0.717) is 34.3 Å². The highest BCUT2D eigenvalue weighted by Crippen LogP contribution is 2.36. The zero-order chi connectivity index (χ0) is 26.7. The Balaban J connectivity index is 1.68. The van der Waals surface area contributed by atoms with Gasteiger partial charge in [-0.2, -0.15) is 9.78 Å². The Morgan fingerprint density at radius 3 is 2.57 bits per heavy atom. The number of ether oxygens (including phenoxy) is 1. The molecule has 0 saturated carbocycles. The van der Waals surface area contributed by atoms with Gasteiger partial charge in [0, 0.05) is 34.7 Å². The number of nitro benzene ring substituents is 2. The van der Waals surface area contributed by atoms with Gasteiger partial charge in [0.2, 0.25) is 5.75 Å². The summed E-state index contributed by atoms with van der Waals surface area (Å²) in [5.41, 5.74) is 0.529. The highest BCUT2D eigenvalue weighted by Gasteiger charge is 2.21. The average molecular weight is 631 g/mol. The fourth-order valence-corrected chi connectivity index (χ4v) is 4.48. The van der Waals surface area contributed by atoms with Gasteiger partial charge in [0.15, 0.2) is 0 Å². The first-order valence-electron chi connectivity index (χ1n) is 10.8. The Hall–Kier alpha value is -3.97. The van der Waals surface area contributed by atoms with Crippen molar-refractivity contribution in [3.63, 3.8) is 0 Å². The van der Waals surface area contributed by atoms with Crippen LogP contribution >= 0.6 is 31.9 Å². The van der Waals surface area contributed by atoms with E-state index in [2.05, 4.69) is 41.9 Å². The number of halogens is 2. The van der Waals surface area contributed by atoms with Gasteiger partial charge in [-0.15, -0.1) is 0 Å². The third-order valence-electron chi connectivity index (χ3n) is 5.26. The Labute approximate surface area is 226 Å². The van der Waals surface area contributed by atoms with Gasteiger partial charge in [-0.05, 0) is 45.8 Å². The normalized spacial score (nSPS) is 11.2. The number of benzene rings is 3. The van der Waals surface area contributed by atoms with Crippen LogP contribution in [0.2, 0.25) is 0 Å². The zero-order valence-electron chi connectivity index (χ0n) is 19.1. The Morgan fingerprint density at radius 1 is 1.08 bits per heavy atom. The van der Waals surface area contributed by atoms with Crippen molar-refractivity contribution in [3.8, 4) is 5.75 Å². The first-order valence-corrected chi connectivity index (χ1v) is 12.4. The molecule has 0 aliphatic heterocycles. The van der Waals surface area contributed by atoms with Gasteiger partial charge in [0.25, 0.3) is 11.2 Å². The summed E-state index contributed by atoms with van der Waals surface area (Å²) in [6.07, 6.45) is 1.76. The molecule has 11 nitrogen and oxygen atoms in total. The lowest BCUT2D eigenvalue weighted by molar-refractivity contribution is -0.386. The summed E-state index contributed by atoms with van der Waals surface area (Å²) < 4.78 is 7.82. The molecule has 4 aromatic rings. The van der Waals surface area contributed by atoms with Crippen LogP contribution in [0, 0.1) is 20.2 Å². The van der Waals surface area contributed by atoms with Crippen molar-refractivity contribution >= 4 is 60.4 Å². The van der Waals surface area contributed by atoms with Gasteiger partial charge in [-0.3, -0.25) is 25.0 Å². The number of hydrogen-bond donors (Lipinski definition) is 0. The second-order valence-electron chi connectivity index (χ2n) is 7.73. The minimum absolute atomic E-state index is 0.0442. The zero-order valence-corrected chi connectivity index (χ0v) is 22.3. The number of rotatable bonds is 8. The SMILES string of the molecule is CCc1nc2ccc(Br)cc2c(=O)n1N=Cc1cc(Br)c(OCc2cccc([N+](=O)[O-])c2)c([N+](=O)[O-])c1. The van der Waals surface area contributed by atoms with Gasteiger partial charge in [-0.25, -0.2) is 4.98 Å². The molecule has 13 heteroatoms. The Kier molecular flexibility index (Phi) is 7.74. The second kappa shape index (κ2) is 11.0. The molecule has 4 rings (SSSR count). The van der Waals surface area contributed by atoms with Crippen molar-refractivity contribution in [2.24, 2.45) is 5.10 Å². The monoisotopic (exact) mass is 629 g/mol. The minimum Gasteiger partial charge on any atom is -0.481 e. The average Bonchev–Trinajstić information content (AvgIpc) is 2.87. The van der Waals surface area contributed by atoms with Crippen LogP contribution in [0.4, 0.5) is 11.4 Å². The molecule has 0 fully saturated rings. The van der Waals surface area contributed by atoms with Crippen LogP contribution in [0.5, 0.6) is 5.75 Å². The maximum atomic E-state index is 13.1. The molecule has 188 valence electrons. The van der Waals surface area contributed by atoms with Gasteiger partial charge >= 0.3 is 5.69 Å². The Morgan fingerprint density at radius 2 is 1.86 bits per heavy atom. The standard InChI is InChI=1S/C24H17Br2N5O6/c1-2-22-28-20-7-6-16(25)11-18(20)24(32)29(22)27-12-15-9-19(26)23(21(10-15)31(35)36)37-13-14-4-3-5-17(8-14)30(33)34/h3-12H,2,13H2,1H3. The van der Waals surface area contributed by atoms with Gasteiger partial charge < -0.3 is 4.74 Å². The number of aryl methyl sites for hydroxylation is 1. The lowest BCUT2D eigenvalue weighted by atomic mass is 10.2. The van der Waals surface area contributed by atoms with Crippen LogP contribution in [-0.4, -0.2) is 25.7 Å². The number of hydrogen-bond acceptors (Lipinski definition) is 8. The van der Waals surface area contributed by atoms with Crippen molar-refractivity contribution in [1.82, 2.24) is 9.66 Å². The molecule has 1 aromatic heterocycles. The maximum Gasteiger partial charge on any atom is 0.312 e. The lowest BCUT2D eigenvalue weighted by Crippen LogP contribution is -2.22. The summed E-state index contributed by atoms with van der Waals surface area (Å²) in [4.78, 5) is 39.2. The molecule has 0 saturated heterocycles. The first-order chi connectivity index (χ1) is 17.7. The third-order valence-corrected chi connectivity index (χ3v) is 6.34. The van der Waals surface area contributed by atoms with E-state index in [4.69, 9.17) is 4.74 Å². The van der Waals surface area contributed by atoms with Crippen molar-refractivity contribution in [3.05, 3.63) is 111 Å². The fraction of sp³-hybridized carbons (Fsp3) is 0.125. The molecule has 0 amide bonds. The number of non-ortho nitro benzene ring substituents is 1. The second-order valence-corrected chi connectivity index (χ2v) is 9.50. The van der Waals surface area contributed by atoms with Crippen LogP contribution in [0.15, 0.2) is 73.4 Å². The van der Waals surface area contributed by atoms with Crippen LogP contribution in [0.3, 0.4) is 0 Å². The molecule has 0 spiro atoms. The van der Waals surface area contributed by atoms with E-state index in [1.807, 2.05) is 6.92 Å². The highest BCUT2D eigenvalue weighted by atomic mass is 79.9. The summed E-state index contributed by atoms with van der Waals surface area (Å²) in [6.45, 7) is 1.72. The van der Waals surface area contributed by atoms with Crippen LogP contribution in [0.1, 0.15) is 23.9 Å². The van der Waals surface area contributed by atoms with Crippen LogP contribution < -0.4 is 10.3 Å². The van der Waals surface area contributed by atoms with Crippen molar-refractivity contribution in [2.45, 2.75) is 20.0 Å². The number of fused-ring (bicyclic) bond motifs is 1. The summed E-state index contributed by atoms with van der Waals surface area (Å²) in [6, 6.07) is 13.8. The highest BCUT2D eigenvalue weighted by molar-refractivity contribution is 9.10.